The van der Waals surface area contributed by atoms with E-state index in [1.165, 1.54) is 4.90 Å². The Morgan fingerprint density at radius 2 is 1.44 bits per heavy atom. The van der Waals surface area contributed by atoms with Crippen molar-refractivity contribution in [1.82, 2.24) is 24.9 Å². The summed E-state index contributed by atoms with van der Waals surface area (Å²) >= 11 is 0. The van der Waals surface area contributed by atoms with Gasteiger partial charge in [0.1, 0.15) is 0 Å². The van der Waals surface area contributed by atoms with E-state index in [9.17, 15) is 36.2 Å². The minimum absolute atomic E-state index is 0.0576. The van der Waals surface area contributed by atoms with Gasteiger partial charge < -0.3 is 15.3 Å². The number of halogens is 6. The monoisotopic (exact) mass is 683 g/mol. The van der Waals surface area contributed by atoms with Crippen LogP contribution in [0.3, 0.4) is 0 Å². The number of alkyl halides is 6. The van der Waals surface area contributed by atoms with Gasteiger partial charge >= 0.3 is 12.4 Å². The molecule has 3 aliphatic rings. The van der Waals surface area contributed by atoms with Crippen molar-refractivity contribution >= 4 is 5.91 Å². The third-order valence-corrected chi connectivity index (χ3v) is 9.96. The lowest BCUT2D eigenvalue weighted by atomic mass is 9.90. The van der Waals surface area contributed by atoms with E-state index in [2.05, 4.69) is 33.9 Å². The molecule has 5 rings (SSSR count). The summed E-state index contributed by atoms with van der Waals surface area (Å²) in [5.41, 5.74) is -2.63. The molecule has 266 valence electrons. The van der Waals surface area contributed by atoms with E-state index >= 15 is 0 Å². The summed E-state index contributed by atoms with van der Waals surface area (Å²) in [6.07, 6.45) is -7.81. The van der Waals surface area contributed by atoms with Gasteiger partial charge in [-0.15, -0.1) is 0 Å². The molecule has 0 bridgehead atoms. The second-order valence-electron chi connectivity index (χ2n) is 13.8. The average Bonchev–Trinajstić information content (AvgIpc) is 3.51. The number of aliphatic hydroxyl groups excluding tert-OH is 1. The Morgan fingerprint density at radius 3 is 2.02 bits per heavy atom. The molecule has 3 aliphatic heterocycles. The molecule has 48 heavy (non-hydrogen) atoms. The summed E-state index contributed by atoms with van der Waals surface area (Å²) in [7, 11) is 0. The first-order valence-corrected chi connectivity index (χ1v) is 16.9. The lowest BCUT2D eigenvalue weighted by molar-refractivity contribution is -0.143. The van der Waals surface area contributed by atoms with E-state index < -0.39 is 41.1 Å². The van der Waals surface area contributed by atoms with Gasteiger partial charge in [0.25, 0.3) is 5.91 Å². The van der Waals surface area contributed by atoms with Crippen molar-refractivity contribution < 1.29 is 36.2 Å². The molecule has 2 aromatic rings. The highest BCUT2D eigenvalue weighted by atomic mass is 19.4. The predicted octanol–water partition coefficient (Wildman–Crippen LogP) is 4.99. The summed E-state index contributed by atoms with van der Waals surface area (Å²) < 4.78 is 81.6. The number of aliphatic hydroxyl groups is 1. The molecule has 0 aliphatic carbocycles. The van der Waals surface area contributed by atoms with Crippen LogP contribution in [0.25, 0.3) is 0 Å². The average molecular weight is 684 g/mol. The predicted molar refractivity (Wildman–Crippen MR) is 172 cm³/mol. The number of likely N-dealkylation sites (tertiary alicyclic amines) is 2. The van der Waals surface area contributed by atoms with Crippen LogP contribution in [-0.2, 0) is 18.8 Å². The lowest BCUT2D eigenvalue weighted by Crippen LogP contribution is -2.58. The molecule has 4 atom stereocenters. The number of carbonyl (C=O) groups is 1. The number of β-amino-alcohol motifs (C(OH)–C–C–N with tert-alkyl or cyclic N) is 1. The molecule has 7 nitrogen and oxygen atoms in total. The fourth-order valence-corrected chi connectivity index (χ4v) is 7.43. The van der Waals surface area contributed by atoms with E-state index in [4.69, 9.17) is 0 Å². The van der Waals surface area contributed by atoms with Crippen molar-refractivity contribution in [2.24, 2.45) is 0 Å². The second-order valence-corrected chi connectivity index (χ2v) is 13.8. The van der Waals surface area contributed by atoms with Gasteiger partial charge in [-0.3, -0.25) is 19.5 Å². The number of amides is 1. The molecule has 3 saturated heterocycles. The summed E-state index contributed by atoms with van der Waals surface area (Å²) in [4.78, 5) is 22.5. The van der Waals surface area contributed by atoms with Crippen LogP contribution in [-0.4, -0.2) is 120 Å². The van der Waals surface area contributed by atoms with Crippen molar-refractivity contribution in [1.29, 1.82) is 0 Å². The van der Waals surface area contributed by atoms with E-state index in [-0.39, 0.29) is 24.7 Å². The standard InChI is InChI=1S/C35H47F6N5O2/c1-24(2)42-21-32(47)23-43-10-8-30(22-43)45-14-12-44(13-15-45)29-9-11-46(31(20-29)16-25-6-4-3-5-7-25)33(48)26-17-27(34(36,37)38)19-28(18-26)35(39,40)41/h3-7,17-19,24,29-32,42,47H,8-16,20-23H2,1-2H3. The molecular weight excluding hydrogens is 636 g/mol. The number of piperidine rings is 1. The quantitative estimate of drug-likeness (QED) is 0.345. The van der Waals surface area contributed by atoms with Crippen LogP contribution >= 0.6 is 0 Å². The van der Waals surface area contributed by atoms with Gasteiger partial charge in [-0.2, -0.15) is 26.3 Å². The smallest absolute Gasteiger partial charge is 0.390 e. The highest BCUT2D eigenvalue weighted by Gasteiger charge is 2.41. The molecule has 3 heterocycles. The number of nitrogens with one attached hydrogen (secondary N) is 1. The van der Waals surface area contributed by atoms with Crippen LogP contribution in [0.1, 0.15) is 60.2 Å². The van der Waals surface area contributed by atoms with Crippen molar-refractivity contribution in [3.8, 4) is 0 Å². The van der Waals surface area contributed by atoms with Crippen molar-refractivity contribution in [3.63, 3.8) is 0 Å². The minimum Gasteiger partial charge on any atom is -0.390 e. The Balaban J connectivity index is 1.24. The summed E-state index contributed by atoms with van der Waals surface area (Å²) in [5, 5.41) is 13.7. The third kappa shape index (κ3) is 9.50. The number of hydrogen-bond acceptors (Lipinski definition) is 6. The molecule has 0 saturated carbocycles. The van der Waals surface area contributed by atoms with Crippen LogP contribution in [0.5, 0.6) is 0 Å². The number of rotatable bonds is 10. The molecule has 1 amide bonds. The maximum atomic E-state index is 13.7. The van der Waals surface area contributed by atoms with Crippen molar-refractivity contribution in [2.45, 2.75) is 82.2 Å². The lowest BCUT2D eigenvalue weighted by Gasteiger charge is -2.47. The summed E-state index contributed by atoms with van der Waals surface area (Å²) in [6, 6.07) is 11.1. The van der Waals surface area contributed by atoms with Crippen LogP contribution < -0.4 is 5.32 Å². The van der Waals surface area contributed by atoms with Crippen LogP contribution in [0.15, 0.2) is 48.5 Å². The Kier molecular flexibility index (Phi) is 11.8. The zero-order valence-corrected chi connectivity index (χ0v) is 27.6. The largest absolute Gasteiger partial charge is 0.416 e. The fourth-order valence-electron chi connectivity index (χ4n) is 7.43. The Hall–Kier alpha value is -2.71. The topological polar surface area (TPSA) is 62.3 Å². The van der Waals surface area contributed by atoms with E-state index in [1.807, 2.05) is 30.3 Å². The van der Waals surface area contributed by atoms with Crippen LogP contribution in [0.2, 0.25) is 0 Å². The van der Waals surface area contributed by atoms with Gasteiger partial charge in [-0.1, -0.05) is 44.2 Å². The molecule has 2 aromatic carbocycles. The molecule has 0 aromatic heterocycles. The number of nitrogens with zero attached hydrogens (tertiary/aromatic N) is 4. The molecule has 3 fully saturated rings. The number of benzene rings is 2. The highest BCUT2D eigenvalue weighted by Crippen LogP contribution is 2.37. The van der Waals surface area contributed by atoms with Gasteiger partial charge in [0.05, 0.1) is 17.2 Å². The molecule has 4 unspecified atom stereocenters. The normalized spacial score (nSPS) is 24.4. The zero-order valence-electron chi connectivity index (χ0n) is 27.6. The SMILES string of the molecule is CC(C)NCC(O)CN1CCC(N2CCN(C3CCN(C(=O)c4cc(C(F)(F)F)cc(C(F)(F)F)c4)C(Cc4ccccc4)C3)CC2)C1. The zero-order chi connectivity index (χ0) is 34.6. The number of hydrogen-bond donors (Lipinski definition) is 2. The first-order chi connectivity index (χ1) is 22.7. The highest BCUT2D eigenvalue weighted by molar-refractivity contribution is 5.95. The van der Waals surface area contributed by atoms with Gasteiger partial charge in [-0.25, -0.2) is 0 Å². The summed E-state index contributed by atoms with van der Waals surface area (Å²) in [6.45, 7) is 10.9. The minimum atomic E-state index is -5.03. The summed E-state index contributed by atoms with van der Waals surface area (Å²) in [5.74, 6) is -0.813. The Morgan fingerprint density at radius 1 is 0.854 bits per heavy atom. The maximum absolute atomic E-state index is 13.7. The van der Waals surface area contributed by atoms with Crippen molar-refractivity contribution in [2.75, 3.05) is 58.9 Å². The fraction of sp³-hybridized carbons (Fsp3) is 0.629. The van der Waals surface area contributed by atoms with Crippen LogP contribution in [0, 0.1) is 0 Å². The van der Waals surface area contributed by atoms with Gasteiger partial charge in [-0.05, 0) is 56.0 Å². The van der Waals surface area contributed by atoms with E-state index in [0.29, 0.717) is 56.6 Å². The Labute approximate surface area is 278 Å². The number of piperazine rings is 1. The first kappa shape index (κ1) is 36.6. The maximum Gasteiger partial charge on any atom is 0.416 e. The van der Waals surface area contributed by atoms with Gasteiger partial charge in [0.15, 0.2) is 0 Å². The van der Waals surface area contributed by atoms with E-state index in [0.717, 1.165) is 51.3 Å². The third-order valence-electron chi connectivity index (χ3n) is 9.96. The molecule has 0 spiro atoms. The Bertz CT molecular complexity index is 1320. The number of carbonyl (C=O) groups excluding carboxylic acids is 1. The first-order valence-electron chi connectivity index (χ1n) is 16.9. The van der Waals surface area contributed by atoms with Gasteiger partial charge in [0, 0.05) is 82.1 Å². The van der Waals surface area contributed by atoms with Crippen LogP contribution in [0.4, 0.5) is 26.3 Å². The molecule has 0 radical (unpaired) electrons. The second kappa shape index (κ2) is 15.5. The van der Waals surface area contributed by atoms with Crippen molar-refractivity contribution in [3.05, 3.63) is 70.8 Å². The molecule has 2 N–H and O–H groups in total. The van der Waals surface area contributed by atoms with E-state index in [1.54, 1.807) is 0 Å². The molecule has 13 heteroatoms. The molecular formula is C35H47F6N5O2. The van der Waals surface area contributed by atoms with Gasteiger partial charge in [0.2, 0.25) is 0 Å².